The topological polar surface area (TPSA) is 42.2 Å². The van der Waals surface area contributed by atoms with Gasteiger partial charge in [0.15, 0.2) is 0 Å². The molecular weight excluding hydrogens is 218 g/mol. The molecule has 0 atom stereocenters. The van der Waals surface area contributed by atoms with Crippen LogP contribution in [0.15, 0.2) is 29.6 Å². The van der Waals surface area contributed by atoms with Crippen molar-refractivity contribution in [2.24, 2.45) is 0 Å². The van der Waals surface area contributed by atoms with Crippen LogP contribution in [-0.4, -0.2) is 24.0 Å². The zero-order valence-electron chi connectivity index (χ0n) is 9.47. The summed E-state index contributed by atoms with van der Waals surface area (Å²) in [5, 5.41) is 3.22. The molecule has 0 unspecified atom stereocenters. The van der Waals surface area contributed by atoms with E-state index in [2.05, 4.69) is 15.3 Å². The largest absolute Gasteiger partial charge is 0.399 e. The van der Waals surface area contributed by atoms with E-state index in [1.165, 1.54) is 0 Å². The van der Waals surface area contributed by atoms with Crippen molar-refractivity contribution in [1.82, 2.24) is 9.88 Å². The van der Waals surface area contributed by atoms with Crippen LogP contribution >= 0.6 is 11.3 Å². The zero-order chi connectivity index (χ0) is 11.5. The molecular formula is C12H15N3S. The van der Waals surface area contributed by atoms with E-state index in [4.69, 9.17) is 5.73 Å². The number of hydrogen-bond donors (Lipinski definition) is 1. The molecule has 0 fully saturated rings. The third kappa shape index (κ3) is 2.59. The van der Waals surface area contributed by atoms with Crippen LogP contribution in [0.5, 0.6) is 0 Å². The Kier molecular flexibility index (Phi) is 3.22. The maximum atomic E-state index is 5.65. The van der Waals surface area contributed by atoms with Gasteiger partial charge in [-0.05, 0) is 26.2 Å². The van der Waals surface area contributed by atoms with Crippen molar-refractivity contribution in [2.75, 3.05) is 19.8 Å². The summed E-state index contributed by atoms with van der Waals surface area (Å²) >= 11 is 1.69. The highest BCUT2D eigenvalue weighted by molar-refractivity contribution is 7.09. The molecule has 0 bridgehead atoms. The normalized spacial score (nSPS) is 10.9. The molecule has 1 heterocycles. The maximum absolute atomic E-state index is 5.65. The van der Waals surface area contributed by atoms with Crippen LogP contribution in [0.1, 0.15) is 5.01 Å². The first-order valence-corrected chi connectivity index (χ1v) is 5.98. The predicted octanol–water partition coefficient (Wildman–Crippen LogP) is 2.45. The molecule has 4 heteroatoms. The highest BCUT2D eigenvalue weighted by Gasteiger charge is 2.04. The van der Waals surface area contributed by atoms with Gasteiger partial charge in [-0.1, -0.05) is 12.1 Å². The molecule has 0 aliphatic carbocycles. The highest BCUT2D eigenvalue weighted by atomic mass is 32.1. The number of hydrogen-bond acceptors (Lipinski definition) is 4. The van der Waals surface area contributed by atoms with Crippen molar-refractivity contribution >= 4 is 17.0 Å². The van der Waals surface area contributed by atoms with Crippen LogP contribution in [-0.2, 0) is 6.54 Å². The van der Waals surface area contributed by atoms with E-state index in [0.29, 0.717) is 0 Å². The van der Waals surface area contributed by atoms with E-state index < -0.39 is 0 Å². The van der Waals surface area contributed by atoms with Gasteiger partial charge in [0.25, 0.3) is 0 Å². The van der Waals surface area contributed by atoms with Gasteiger partial charge in [-0.3, -0.25) is 0 Å². The Morgan fingerprint density at radius 2 is 1.94 bits per heavy atom. The van der Waals surface area contributed by atoms with E-state index >= 15 is 0 Å². The van der Waals surface area contributed by atoms with E-state index in [1.807, 2.05) is 38.4 Å². The fourth-order valence-electron chi connectivity index (χ4n) is 1.44. The first kappa shape index (κ1) is 11.1. The second-order valence-corrected chi connectivity index (χ2v) is 4.93. The fourth-order valence-corrected chi connectivity index (χ4v) is 2.36. The molecule has 0 spiro atoms. The Bertz CT molecular complexity index is 459. The Balaban J connectivity index is 2.21. The van der Waals surface area contributed by atoms with Crippen molar-refractivity contribution in [3.63, 3.8) is 0 Å². The predicted molar refractivity (Wildman–Crippen MR) is 69.4 cm³/mol. The van der Waals surface area contributed by atoms with Crippen LogP contribution in [0.25, 0.3) is 11.3 Å². The number of benzene rings is 1. The smallest absolute Gasteiger partial charge is 0.107 e. The Labute approximate surface area is 99.5 Å². The average molecular weight is 233 g/mol. The van der Waals surface area contributed by atoms with Gasteiger partial charge in [0, 0.05) is 23.2 Å². The summed E-state index contributed by atoms with van der Waals surface area (Å²) in [5.74, 6) is 0. The molecule has 1 aromatic carbocycles. The third-order valence-corrected chi connectivity index (χ3v) is 3.04. The summed E-state index contributed by atoms with van der Waals surface area (Å²) < 4.78 is 0. The molecule has 84 valence electrons. The molecule has 2 rings (SSSR count). The molecule has 0 aliphatic rings. The van der Waals surface area contributed by atoms with Gasteiger partial charge in [0.2, 0.25) is 0 Å². The average Bonchev–Trinajstić information content (AvgIpc) is 2.66. The van der Waals surface area contributed by atoms with E-state index in [9.17, 15) is 0 Å². The number of nitrogens with two attached hydrogens (primary N) is 1. The van der Waals surface area contributed by atoms with Crippen LogP contribution in [0.2, 0.25) is 0 Å². The van der Waals surface area contributed by atoms with Crippen molar-refractivity contribution in [2.45, 2.75) is 6.54 Å². The summed E-state index contributed by atoms with van der Waals surface area (Å²) in [7, 11) is 4.09. The van der Waals surface area contributed by atoms with Crippen molar-refractivity contribution in [1.29, 1.82) is 0 Å². The summed E-state index contributed by atoms with van der Waals surface area (Å²) in [6, 6.07) is 7.81. The number of nitrogens with zero attached hydrogens (tertiary/aromatic N) is 2. The van der Waals surface area contributed by atoms with Crippen molar-refractivity contribution < 1.29 is 0 Å². The first-order chi connectivity index (χ1) is 7.65. The minimum atomic E-state index is 0.785. The summed E-state index contributed by atoms with van der Waals surface area (Å²) in [4.78, 5) is 6.70. The third-order valence-electron chi connectivity index (χ3n) is 2.21. The summed E-state index contributed by atoms with van der Waals surface area (Å²) in [6.07, 6.45) is 0. The SMILES string of the molecule is CN(C)Cc1nc(-c2ccc(N)cc2)cs1. The van der Waals surface area contributed by atoms with Crippen molar-refractivity contribution in [3.8, 4) is 11.3 Å². The van der Waals surface area contributed by atoms with Crippen LogP contribution in [0.4, 0.5) is 5.69 Å². The quantitative estimate of drug-likeness (QED) is 0.828. The number of nitrogen functional groups attached to an aromatic ring is 1. The molecule has 0 radical (unpaired) electrons. The second kappa shape index (κ2) is 4.63. The molecule has 0 amide bonds. The number of rotatable bonds is 3. The van der Waals surface area contributed by atoms with Gasteiger partial charge in [-0.2, -0.15) is 0 Å². The fraction of sp³-hybridized carbons (Fsp3) is 0.250. The molecule has 2 aromatic rings. The molecule has 2 N–H and O–H groups in total. The van der Waals surface area contributed by atoms with Crippen LogP contribution < -0.4 is 5.73 Å². The first-order valence-electron chi connectivity index (χ1n) is 5.10. The van der Waals surface area contributed by atoms with Gasteiger partial charge in [0.05, 0.1) is 5.69 Å². The van der Waals surface area contributed by atoms with Gasteiger partial charge >= 0.3 is 0 Å². The minimum Gasteiger partial charge on any atom is -0.399 e. The monoisotopic (exact) mass is 233 g/mol. The molecule has 1 aromatic heterocycles. The molecule has 3 nitrogen and oxygen atoms in total. The molecule has 16 heavy (non-hydrogen) atoms. The number of thiazole rings is 1. The second-order valence-electron chi connectivity index (χ2n) is 3.99. The lowest BCUT2D eigenvalue weighted by Gasteiger charge is -2.05. The Morgan fingerprint density at radius 1 is 1.25 bits per heavy atom. The lowest BCUT2D eigenvalue weighted by atomic mass is 10.1. The van der Waals surface area contributed by atoms with Crippen LogP contribution in [0.3, 0.4) is 0 Å². The lowest BCUT2D eigenvalue weighted by Crippen LogP contribution is -2.10. The van der Waals surface area contributed by atoms with E-state index in [0.717, 1.165) is 28.5 Å². The zero-order valence-corrected chi connectivity index (χ0v) is 10.3. The van der Waals surface area contributed by atoms with E-state index in [-0.39, 0.29) is 0 Å². The van der Waals surface area contributed by atoms with Gasteiger partial charge in [0.1, 0.15) is 5.01 Å². The highest BCUT2D eigenvalue weighted by Crippen LogP contribution is 2.23. The number of anilines is 1. The van der Waals surface area contributed by atoms with E-state index in [1.54, 1.807) is 11.3 Å². The molecule has 0 aliphatic heterocycles. The summed E-state index contributed by atoms with van der Waals surface area (Å²) in [6.45, 7) is 0.889. The maximum Gasteiger partial charge on any atom is 0.107 e. The molecule has 0 saturated heterocycles. The standard InChI is InChI=1S/C12H15N3S/c1-15(2)7-12-14-11(8-16-12)9-3-5-10(13)6-4-9/h3-6,8H,7,13H2,1-2H3. The Morgan fingerprint density at radius 3 is 2.56 bits per heavy atom. The minimum absolute atomic E-state index is 0.785. The van der Waals surface area contributed by atoms with Crippen LogP contribution in [0, 0.1) is 0 Å². The van der Waals surface area contributed by atoms with Crippen molar-refractivity contribution in [3.05, 3.63) is 34.7 Å². The molecule has 0 saturated carbocycles. The number of aromatic nitrogens is 1. The van der Waals surface area contributed by atoms with Gasteiger partial charge in [-0.15, -0.1) is 11.3 Å². The Hall–Kier alpha value is -1.39. The van der Waals surface area contributed by atoms with Gasteiger partial charge in [-0.25, -0.2) is 4.98 Å². The summed E-state index contributed by atoms with van der Waals surface area (Å²) in [5.41, 5.74) is 8.59. The van der Waals surface area contributed by atoms with Gasteiger partial charge < -0.3 is 10.6 Å². The lowest BCUT2D eigenvalue weighted by molar-refractivity contribution is 0.402.